The maximum absolute atomic E-state index is 12.6. The Kier molecular flexibility index (Phi) is 4.56. The minimum atomic E-state index is -4.28. The second-order valence-corrected chi connectivity index (χ2v) is 3.73. The molecule has 0 bridgehead atoms. The van der Waals surface area contributed by atoms with Crippen LogP contribution in [0, 0.1) is 0 Å². The Morgan fingerprint density at radius 1 is 1.50 bits per heavy atom. The van der Waals surface area contributed by atoms with Crippen LogP contribution in [0.4, 0.5) is 13.2 Å². The zero-order valence-electron chi connectivity index (χ0n) is 8.68. The van der Waals surface area contributed by atoms with Gasteiger partial charge in [0, 0.05) is 12.4 Å². The number of nitrogens with zero attached hydrogens (tertiary/aromatic N) is 1. The average Bonchev–Trinajstić information content (AvgIpc) is 2.19. The fraction of sp³-hybridized carbons (Fsp3) is 0.500. The highest BCUT2D eigenvalue weighted by Crippen LogP contribution is 2.25. The predicted molar refractivity (Wildman–Crippen MR) is 56.5 cm³/mol. The van der Waals surface area contributed by atoms with Crippen LogP contribution >= 0.6 is 11.6 Å². The molecule has 0 aliphatic rings. The average molecular weight is 253 g/mol. The lowest BCUT2D eigenvalue weighted by atomic mass is 10.1. The number of halogens is 4. The molecule has 1 aromatic heterocycles. The van der Waals surface area contributed by atoms with E-state index in [9.17, 15) is 13.2 Å². The minimum absolute atomic E-state index is 0.182. The molecule has 1 unspecified atom stereocenters. The van der Waals surface area contributed by atoms with Crippen molar-refractivity contribution in [3.05, 3.63) is 29.0 Å². The number of likely N-dealkylation sites (N-methyl/N-ethyl adjacent to an activating group) is 1. The third kappa shape index (κ3) is 3.64. The lowest BCUT2D eigenvalue weighted by Crippen LogP contribution is -2.43. The van der Waals surface area contributed by atoms with Gasteiger partial charge in [0.05, 0.1) is 5.02 Å². The van der Waals surface area contributed by atoms with Crippen LogP contribution in [0.3, 0.4) is 0 Å². The Morgan fingerprint density at radius 3 is 2.69 bits per heavy atom. The smallest absolute Gasteiger partial charge is 0.306 e. The molecule has 0 amide bonds. The van der Waals surface area contributed by atoms with E-state index in [4.69, 9.17) is 11.6 Å². The van der Waals surface area contributed by atoms with E-state index in [1.54, 1.807) is 6.92 Å². The Hall–Kier alpha value is -0.810. The summed E-state index contributed by atoms with van der Waals surface area (Å²) >= 11 is 5.76. The summed E-state index contributed by atoms with van der Waals surface area (Å²) in [4.78, 5) is 3.73. The maximum Gasteiger partial charge on any atom is 0.404 e. The van der Waals surface area contributed by atoms with Gasteiger partial charge in [0.1, 0.15) is 6.04 Å². The van der Waals surface area contributed by atoms with Crippen molar-refractivity contribution in [1.29, 1.82) is 0 Å². The number of nitrogens with one attached hydrogen (secondary N) is 1. The quantitative estimate of drug-likeness (QED) is 0.891. The van der Waals surface area contributed by atoms with Crippen LogP contribution in [0.1, 0.15) is 12.5 Å². The van der Waals surface area contributed by atoms with Gasteiger partial charge in [-0.1, -0.05) is 18.5 Å². The van der Waals surface area contributed by atoms with Crippen LogP contribution in [0.25, 0.3) is 0 Å². The molecule has 0 aliphatic heterocycles. The molecule has 0 saturated heterocycles. The van der Waals surface area contributed by atoms with Crippen molar-refractivity contribution in [2.75, 3.05) is 6.54 Å². The molecule has 1 heterocycles. The summed E-state index contributed by atoms with van der Waals surface area (Å²) in [5.41, 5.74) is 0.444. The normalized spacial score (nSPS) is 13.8. The summed E-state index contributed by atoms with van der Waals surface area (Å²) in [6.45, 7) is 1.89. The van der Waals surface area contributed by atoms with Gasteiger partial charge in [0.15, 0.2) is 0 Å². The minimum Gasteiger partial charge on any atom is -0.306 e. The first-order chi connectivity index (χ1) is 7.45. The third-order valence-electron chi connectivity index (χ3n) is 2.13. The third-order valence-corrected chi connectivity index (χ3v) is 2.47. The summed E-state index contributed by atoms with van der Waals surface area (Å²) in [6.07, 6.45) is -1.68. The summed E-state index contributed by atoms with van der Waals surface area (Å²) in [7, 11) is 0. The molecule has 0 aliphatic carbocycles. The van der Waals surface area contributed by atoms with Crippen molar-refractivity contribution in [3.8, 4) is 0 Å². The van der Waals surface area contributed by atoms with E-state index < -0.39 is 12.2 Å². The molecule has 1 rings (SSSR count). The molecular formula is C10H12ClF3N2. The Bertz CT molecular complexity index is 341. The van der Waals surface area contributed by atoms with E-state index in [2.05, 4.69) is 10.3 Å². The van der Waals surface area contributed by atoms with Crippen LogP contribution in [-0.2, 0) is 6.42 Å². The number of aromatic nitrogens is 1. The highest BCUT2D eigenvalue weighted by atomic mass is 35.5. The number of pyridine rings is 1. The summed E-state index contributed by atoms with van der Waals surface area (Å²) in [5.74, 6) is 0. The SMILES string of the molecule is CCNC(Cc1ccncc1Cl)C(F)(F)F. The number of hydrogen-bond acceptors (Lipinski definition) is 2. The number of hydrogen-bond donors (Lipinski definition) is 1. The zero-order valence-corrected chi connectivity index (χ0v) is 9.44. The highest BCUT2D eigenvalue weighted by Gasteiger charge is 2.39. The van der Waals surface area contributed by atoms with Crippen LogP contribution < -0.4 is 5.32 Å². The molecule has 90 valence electrons. The van der Waals surface area contributed by atoms with Gasteiger partial charge in [-0.3, -0.25) is 4.98 Å². The van der Waals surface area contributed by atoms with Crippen LogP contribution in [0.15, 0.2) is 18.5 Å². The van der Waals surface area contributed by atoms with Crippen molar-refractivity contribution in [3.63, 3.8) is 0 Å². The Labute approximate surface area is 96.8 Å². The second-order valence-electron chi connectivity index (χ2n) is 3.32. The summed E-state index contributed by atoms with van der Waals surface area (Å²) in [5, 5.41) is 2.65. The van der Waals surface area contributed by atoms with Crippen LogP contribution in [0.2, 0.25) is 5.02 Å². The van der Waals surface area contributed by atoms with E-state index >= 15 is 0 Å². The lowest BCUT2D eigenvalue weighted by Gasteiger charge is -2.21. The first kappa shape index (κ1) is 13.3. The molecule has 2 nitrogen and oxygen atoms in total. The molecule has 0 spiro atoms. The maximum atomic E-state index is 12.6. The van der Waals surface area contributed by atoms with Gasteiger partial charge in [-0.15, -0.1) is 0 Å². The first-order valence-corrected chi connectivity index (χ1v) is 5.21. The lowest BCUT2D eigenvalue weighted by molar-refractivity contribution is -0.155. The molecule has 0 aromatic carbocycles. The second kappa shape index (κ2) is 5.50. The summed E-state index contributed by atoms with van der Waals surface area (Å²) < 4.78 is 37.8. The Morgan fingerprint density at radius 2 is 2.19 bits per heavy atom. The summed E-state index contributed by atoms with van der Waals surface area (Å²) in [6, 6.07) is -0.0734. The monoisotopic (exact) mass is 252 g/mol. The first-order valence-electron chi connectivity index (χ1n) is 4.83. The van der Waals surface area contributed by atoms with Gasteiger partial charge in [-0.25, -0.2) is 0 Å². The van der Waals surface area contributed by atoms with Gasteiger partial charge in [-0.05, 0) is 24.6 Å². The Balaban J connectivity index is 2.80. The van der Waals surface area contributed by atoms with Crippen molar-refractivity contribution in [2.45, 2.75) is 25.6 Å². The van der Waals surface area contributed by atoms with E-state index in [-0.39, 0.29) is 18.0 Å². The van der Waals surface area contributed by atoms with Gasteiger partial charge in [0.25, 0.3) is 0 Å². The highest BCUT2D eigenvalue weighted by molar-refractivity contribution is 6.31. The van der Waals surface area contributed by atoms with E-state index in [1.165, 1.54) is 18.5 Å². The molecule has 0 fully saturated rings. The van der Waals surface area contributed by atoms with E-state index in [0.717, 1.165) is 0 Å². The molecular weight excluding hydrogens is 241 g/mol. The van der Waals surface area contributed by atoms with Gasteiger partial charge < -0.3 is 5.32 Å². The molecule has 1 aromatic rings. The molecule has 0 radical (unpaired) electrons. The fourth-order valence-electron chi connectivity index (χ4n) is 1.34. The van der Waals surface area contributed by atoms with E-state index in [0.29, 0.717) is 5.56 Å². The fourth-order valence-corrected chi connectivity index (χ4v) is 1.54. The predicted octanol–water partition coefficient (Wildman–Crippen LogP) is 2.82. The number of rotatable bonds is 4. The van der Waals surface area contributed by atoms with Gasteiger partial charge in [-0.2, -0.15) is 13.2 Å². The standard InChI is InChI=1S/C10H12ClF3N2/c1-2-16-9(10(12,13)14)5-7-3-4-15-6-8(7)11/h3-4,6,9,16H,2,5H2,1H3. The molecule has 1 atom stereocenters. The van der Waals surface area contributed by atoms with Crippen molar-refractivity contribution >= 4 is 11.6 Å². The molecule has 0 saturated carbocycles. The van der Waals surface area contributed by atoms with Crippen molar-refractivity contribution in [1.82, 2.24) is 10.3 Å². The van der Waals surface area contributed by atoms with Crippen LogP contribution in [-0.4, -0.2) is 23.7 Å². The largest absolute Gasteiger partial charge is 0.404 e. The molecule has 6 heteroatoms. The van der Waals surface area contributed by atoms with Crippen molar-refractivity contribution in [2.24, 2.45) is 0 Å². The topological polar surface area (TPSA) is 24.9 Å². The van der Waals surface area contributed by atoms with Gasteiger partial charge in [0.2, 0.25) is 0 Å². The molecule has 16 heavy (non-hydrogen) atoms. The zero-order chi connectivity index (χ0) is 12.2. The van der Waals surface area contributed by atoms with Crippen LogP contribution in [0.5, 0.6) is 0 Å². The van der Waals surface area contributed by atoms with E-state index in [1.807, 2.05) is 0 Å². The van der Waals surface area contributed by atoms with Gasteiger partial charge >= 0.3 is 6.18 Å². The molecule has 1 N–H and O–H groups in total. The van der Waals surface area contributed by atoms with Crippen molar-refractivity contribution < 1.29 is 13.2 Å². The number of alkyl halides is 3.